The van der Waals surface area contributed by atoms with Crippen molar-refractivity contribution in [1.29, 1.82) is 0 Å². The van der Waals surface area contributed by atoms with Crippen molar-refractivity contribution in [3.05, 3.63) is 34.9 Å². The van der Waals surface area contributed by atoms with Crippen LogP contribution in [0.5, 0.6) is 0 Å². The van der Waals surface area contributed by atoms with E-state index < -0.39 is 0 Å². The van der Waals surface area contributed by atoms with Crippen LogP contribution in [0, 0.1) is 5.92 Å². The number of nitrogens with one attached hydrogen (secondary N) is 1. The normalized spacial score (nSPS) is 16.1. The van der Waals surface area contributed by atoms with Crippen LogP contribution in [0.3, 0.4) is 0 Å². The van der Waals surface area contributed by atoms with E-state index >= 15 is 0 Å². The summed E-state index contributed by atoms with van der Waals surface area (Å²) in [4.78, 5) is 25.6. The topological polar surface area (TPSA) is 58.6 Å². The highest BCUT2D eigenvalue weighted by atomic mass is 35.5. The van der Waals surface area contributed by atoms with Gasteiger partial charge in [0.25, 0.3) is 0 Å². The summed E-state index contributed by atoms with van der Waals surface area (Å²) in [5.74, 6) is -0.0862. The Morgan fingerprint density at radius 2 is 2.09 bits per heavy atom. The first-order valence-electron chi connectivity index (χ1n) is 7.90. The molecule has 0 unspecified atom stereocenters. The fraction of sp³-hybridized carbons (Fsp3) is 0.529. The molecule has 0 atom stereocenters. The minimum absolute atomic E-state index is 0.00732. The standard InChI is InChI=1S/C17H23ClN2O3/c1-23-17(22)14-5-8-20(9-6-14)10-7-16(21)19-12-13-3-2-4-15(18)11-13/h2-4,11,14H,5-10,12H2,1H3,(H,19,21). The van der Waals surface area contributed by atoms with Crippen molar-refractivity contribution < 1.29 is 14.3 Å². The number of rotatable bonds is 6. The predicted octanol–water partition coefficient (Wildman–Crippen LogP) is 2.23. The maximum Gasteiger partial charge on any atom is 0.308 e. The minimum Gasteiger partial charge on any atom is -0.469 e. The lowest BCUT2D eigenvalue weighted by Crippen LogP contribution is -2.38. The van der Waals surface area contributed by atoms with E-state index in [9.17, 15) is 9.59 Å². The molecule has 5 nitrogen and oxygen atoms in total. The molecule has 1 aromatic carbocycles. The van der Waals surface area contributed by atoms with Crippen molar-refractivity contribution in [3.8, 4) is 0 Å². The molecule has 126 valence electrons. The van der Waals surface area contributed by atoms with Crippen LogP contribution in [0.2, 0.25) is 5.02 Å². The average Bonchev–Trinajstić information content (AvgIpc) is 2.58. The summed E-state index contributed by atoms with van der Waals surface area (Å²) in [6, 6.07) is 7.46. The zero-order chi connectivity index (χ0) is 16.7. The Hall–Kier alpha value is -1.59. The molecule has 1 aliphatic heterocycles. The van der Waals surface area contributed by atoms with Gasteiger partial charge in [-0.2, -0.15) is 0 Å². The predicted molar refractivity (Wildman–Crippen MR) is 89.1 cm³/mol. The number of amides is 1. The van der Waals surface area contributed by atoms with Gasteiger partial charge in [-0.05, 0) is 43.6 Å². The molecule has 0 saturated carbocycles. The van der Waals surface area contributed by atoms with E-state index in [1.165, 1.54) is 7.11 Å². The third kappa shape index (κ3) is 5.84. The average molecular weight is 339 g/mol. The van der Waals surface area contributed by atoms with Gasteiger partial charge in [-0.3, -0.25) is 9.59 Å². The smallest absolute Gasteiger partial charge is 0.308 e. The van der Waals surface area contributed by atoms with Crippen LogP contribution in [0.1, 0.15) is 24.8 Å². The van der Waals surface area contributed by atoms with Gasteiger partial charge in [0.15, 0.2) is 0 Å². The number of benzene rings is 1. The number of carbonyl (C=O) groups excluding carboxylic acids is 2. The SMILES string of the molecule is COC(=O)C1CCN(CCC(=O)NCc2cccc(Cl)c2)CC1. The fourth-order valence-electron chi connectivity index (χ4n) is 2.75. The molecule has 0 radical (unpaired) electrons. The molecular weight excluding hydrogens is 316 g/mol. The van der Waals surface area contributed by atoms with E-state index in [1.54, 1.807) is 0 Å². The summed E-state index contributed by atoms with van der Waals surface area (Å²) in [6.45, 7) is 2.88. The lowest BCUT2D eigenvalue weighted by molar-refractivity contribution is -0.147. The molecule has 0 aromatic heterocycles. The second-order valence-electron chi connectivity index (χ2n) is 5.80. The zero-order valence-electron chi connectivity index (χ0n) is 13.4. The number of likely N-dealkylation sites (tertiary alicyclic amines) is 1. The van der Waals surface area contributed by atoms with E-state index in [0.29, 0.717) is 18.0 Å². The van der Waals surface area contributed by atoms with Crippen molar-refractivity contribution in [3.63, 3.8) is 0 Å². The highest BCUT2D eigenvalue weighted by molar-refractivity contribution is 6.30. The maximum atomic E-state index is 11.9. The first-order valence-corrected chi connectivity index (χ1v) is 8.27. The summed E-state index contributed by atoms with van der Waals surface area (Å²) in [6.07, 6.45) is 2.07. The van der Waals surface area contributed by atoms with Crippen LogP contribution >= 0.6 is 11.6 Å². The number of esters is 1. The maximum absolute atomic E-state index is 11.9. The zero-order valence-corrected chi connectivity index (χ0v) is 14.1. The molecular formula is C17H23ClN2O3. The summed E-state index contributed by atoms with van der Waals surface area (Å²) in [5.41, 5.74) is 0.991. The molecule has 6 heteroatoms. The third-order valence-corrected chi connectivity index (χ3v) is 4.39. The van der Waals surface area contributed by atoms with E-state index in [4.69, 9.17) is 16.3 Å². The summed E-state index contributed by atoms with van der Waals surface area (Å²) in [5, 5.41) is 3.58. The lowest BCUT2D eigenvalue weighted by atomic mass is 9.97. The minimum atomic E-state index is -0.121. The Bertz CT molecular complexity index is 542. The number of hydrogen-bond donors (Lipinski definition) is 1. The number of carbonyl (C=O) groups is 2. The van der Waals surface area contributed by atoms with Crippen LogP contribution < -0.4 is 5.32 Å². The molecule has 1 aliphatic rings. The summed E-state index contributed by atoms with van der Waals surface area (Å²) in [7, 11) is 1.43. The van der Waals surface area contributed by atoms with Crippen LogP contribution in [-0.2, 0) is 20.9 Å². The Morgan fingerprint density at radius 3 is 2.74 bits per heavy atom. The highest BCUT2D eigenvalue weighted by Gasteiger charge is 2.25. The Kier molecular flexibility index (Phi) is 6.86. The first kappa shape index (κ1) is 17.8. The number of piperidine rings is 1. The number of halogens is 1. The van der Waals surface area contributed by atoms with E-state index in [-0.39, 0.29) is 17.8 Å². The molecule has 23 heavy (non-hydrogen) atoms. The molecule has 1 heterocycles. The van der Waals surface area contributed by atoms with Gasteiger partial charge in [-0.15, -0.1) is 0 Å². The second-order valence-corrected chi connectivity index (χ2v) is 6.23. The van der Waals surface area contributed by atoms with Crippen LogP contribution in [0.4, 0.5) is 0 Å². The van der Waals surface area contributed by atoms with Crippen LogP contribution in [0.25, 0.3) is 0 Å². The van der Waals surface area contributed by atoms with Crippen molar-refractivity contribution >= 4 is 23.5 Å². The van der Waals surface area contributed by atoms with Gasteiger partial charge in [0.05, 0.1) is 13.0 Å². The Labute approximate surface area is 141 Å². The van der Waals surface area contributed by atoms with Crippen LogP contribution in [-0.4, -0.2) is 43.5 Å². The molecule has 1 fully saturated rings. The largest absolute Gasteiger partial charge is 0.469 e. The molecule has 0 spiro atoms. The van der Waals surface area contributed by atoms with Gasteiger partial charge in [-0.25, -0.2) is 0 Å². The van der Waals surface area contributed by atoms with E-state index in [1.807, 2.05) is 24.3 Å². The van der Waals surface area contributed by atoms with Gasteiger partial charge >= 0.3 is 5.97 Å². The van der Waals surface area contributed by atoms with E-state index in [2.05, 4.69) is 10.2 Å². The van der Waals surface area contributed by atoms with E-state index in [0.717, 1.165) is 38.0 Å². The highest BCUT2D eigenvalue weighted by Crippen LogP contribution is 2.18. The summed E-state index contributed by atoms with van der Waals surface area (Å²) >= 11 is 5.92. The molecule has 0 aliphatic carbocycles. The third-order valence-electron chi connectivity index (χ3n) is 4.16. The lowest BCUT2D eigenvalue weighted by Gasteiger charge is -2.30. The Morgan fingerprint density at radius 1 is 1.35 bits per heavy atom. The van der Waals surface area contributed by atoms with Crippen molar-refractivity contribution in [2.24, 2.45) is 5.92 Å². The first-order chi connectivity index (χ1) is 11.1. The fourth-order valence-corrected chi connectivity index (χ4v) is 2.97. The van der Waals surface area contributed by atoms with Gasteiger partial charge < -0.3 is 15.0 Å². The van der Waals surface area contributed by atoms with Crippen LogP contribution in [0.15, 0.2) is 24.3 Å². The van der Waals surface area contributed by atoms with Gasteiger partial charge in [0.1, 0.15) is 0 Å². The van der Waals surface area contributed by atoms with Crippen molar-refractivity contribution in [2.75, 3.05) is 26.7 Å². The number of hydrogen-bond acceptors (Lipinski definition) is 4. The van der Waals surface area contributed by atoms with Crippen molar-refractivity contribution in [1.82, 2.24) is 10.2 Å². The van der Waals surface area contributed by atoms with Gasteiger partial charge in [0.2, 0.25) is 5.91 Å². The monoisotopic (exact) mass is 338 g/mol. The number of nitrogens with zero attached hydrogens (tertiary/aromatic N) is 1. The number of methoxy groups -OCH3 is 1. The number of ether oxygens (including phenoxy) is 1. The Balaban J connectivity index is 1.64. The van der Waals surface area contributed by atoms with Gasteiger partial charge in [-0.1, -0.05) is 23.7 Å². The molecule has 0 bridgehead atoms. The molecule has 2 rings (SSSR count). The van der Waals surface area contributed by atoms with Crippen molar-refractivity contribution in [2.45, 2.75) is 25.8 Å². The second kappa shape index (κ2) is 8.89. The molecule has 1 aromatic rings. The van der Waals surface area contributed by atoms with Gasteiger partial charge in [0, 0.05) is 24.5 Å². The molecule has 1 amide bonds. The molecule has 1 N–H and O–H groups in total. The summed E-state index contributed by atoms with van der Waals surface area (Å²) < 4.78 is 4.77. The quantitative estimate of drug-likeness (QED) is 0.808. The molecule has 1 saturated heterocycles.